The van der Waals surface area contributed by atoms with E-state index in [1.807, 2.05) is 72.8 Å². The van der Waals surface area contributed by atoms with E-state index in [0.29, 0.717) is 90.9 Å². The number of phenolic OH excluding ortho intramolecular Hbond substituents is 10. The van der Waals surface area contributed by atoms with Crippen molar-refractivity contribution in [1.29, 1.82) is 0 Å². The van der Waals surface area contributed by atoms with Crippen LogP contribution in [0.2, 0.25) is 0 Å². The second-order valence-corrected chi connectivity index (χ2v) is 29.6. The first kappa shape index (κ1) is 89.6. The highest BCUT2D eigenvalue weighted by Gasteiger charge is 2.39. The Hall–Kier alpha value is -16.1. The number of esters is 6. The molecule has 0 bridgehead atoms. The van der Waals surface area contributed by atoms with Gasteiger partial charge in [0.2, 0.25) is 0 Å². The summed E-state index contributed by atoms with van der Waals surface area (Å²) in [6.07, 6.45) is 0.906. The molecule has 0 amide bonds. The lowest BCUT2D eigenvalue weighted by Crippen LogP contribution is -2.21. The van der Waals surface area contributed by atoms with Crippen LogP contribution in [0.1, 0.15) is 141 Å². The van der Waals surface area contributed by atoms with E-state index in [1.165, 1.54) is 77.0 Å². The fourth-order valence-corrected chi connectivity index (χ4v) is 15.7. The topological polar surface area (TPSA) is 434 Å². The number of phenols is 10. The average Bonchev–Trinajstić information content (AvgIpc) is 1.15. The van der Waals surface area contributed by atoms with Crippen LogP contribution >= 0.6 is 0 Å². The maximum absolute atomic E-state index is 11.9. The molecule has 128 heavy (non-hydrogen) atoms. The SMILES string of the molecule is COc1cc(O)c2c(c1)OC(=O)C[C@@H]2c1ccc(O)cc1.COc1cc(O)c2c(c1)OC(=O)C[C@H]2c1ccc(O)cc1.COc1ccc([C@@H]2CC(=O)Oc3cc(O)cc(O)c32)cc1.COc1ccc([C@@H]2CC(=O)Oc3cc(OC)cc(O)c32)cc1.COc1ccc([C@H]2CC(=O)Oc3cc(O)cc(O)c32)cc1.COc1ccc([C@H]2CC(=O)Oc3cc(OC)cc(O)c32)cc1. The molecule has 6 heterocycles. The molecular formula is C98H88O30. The largest absolute Gasteiger partial charge is 0.508 e. The van der Waals surface area contributed by atoms with Gasteiger partial charge in [-0.25, -0.2) is 0 Å². The zero-order valence-corrected chi connectivity index (χ0v) is 70.1. The first-order chi connectivity index (χ1) is 61.6. The molecule has 10 N–H and O–H groups in total. The van der Waals surface area contributed by atoms with Crippen molar-refractivity contribution in [3.05, 3.63) is 285 Å². The van der Waals surface area contributed by atoms with Crippen molar-refractivity contribution in [1.82, 2.24) is 0 Å². The highest BCUT2D eigenvalue weighted by atomic mass is 16.6. The second kappa shape index (κ2) is 39.6. The Morgan fingerprint density at radius 2 is 0.352 bits per heavy atom. The van der Waals surface area contributed by atoms with E-state index >= 15 is 0 Å². The molecule has 6 atom stereocenters. The molecule has 12 aromatic rings. The van der Waals surface area contributed by atoms with Crippen molar-refractivity contribution in [3.63, 3.8) is 0 Å². The summed E-state index contributed by atoms with van der Waals surface area (Å²) in [5.74, 6) is 2.38. The Balaban J connectivity index is 0.000000131. The third kappa shape index (κ3) is 20.5. The van der Waals surface area contributed by atoms with E-state index < -0.39 is 11.9 Å². The summed E-state index contributed by atoms with van der Waals surface area (Å²) in [7, 11) is 12.3. The van der Waals surface area contributed by atoms with Crippen LogP contribution in [0.5, 0.6) is 138 Å². The van der Waals surface area contributed by atoms with Gasteiger partial charge in [-0.3, -0.25) is 28.8 Å². The average molecular weight is 1750 g/mol. The predicted molar refractivity (Wildman–Crippen MR) is 459 cm³/mol. The van der Waals surface area contributed by atoms with Gasteiger partial charge in [0.05, 0.1) is 95.4 Å². The normalized spacial score (nSPS) is 16.9. The molecule has 0 saturated carbocycles. The van der Waals surface area contributed by atoms with Crippen molar-refractivity contribution in [2.75, 3.05) is 56.9 Å². The number of hydrogen-bond acceptors (Lipinski definition) is 30. The number of rotatable bonds is 14. The summed E-state index contributed by atoms with van der Waals surface area (Å²) in [5.41, 5.74) is 8.56. The molecule has 30 heteroatoms. The number of fused-ring (bicyclic) bond motifs is 6. The van der Waals surface area contributed by atoms with Crippen molar-refractivity contribution in [2.24, 2.45) is 0 Å². The lowest BCUT2D eigenvalue weighted by molar-refractivity contribution is -0.136. The molecule has 0 unspecified atom stereocenters. The van der Waals surface area contributed by atoms with Crippen LogP contribution in [-0.2, 0) is 28.8 Å². The maximum Gasteiger partial charge on any atom is 0.312 e. The lowest BCUT2D eigenvalue weighted by Gasteiger charge is -2.26. The van der Waals surface area contributed by atoms with Gasteiger partial charge in [0, 0.05) is 142 Å². The first-order valence-electron chi connectivity index (χ1n) is 39.7. The molecule has 6 aliphatic rings. The number of aromatic hydroxyl groups is 10. The van der Waals surface area contributed by atoms with Crippen molar-refractivity contribution in [2.45, 2.75) is 74.0 Å². The molecule has 0 spiro atoms. The minimum absolute atomic E-state index is 0.0231. The Bertz CT molecular complexity index is 5720. The number of carbonyl (C=O) groups is 6. The zero-order valence-electron chi connectivity index (χ0n) is 70.1. The molecule has 660 valence electrons. The van der Waals surface area contributed by atoms with Crippen LogP contribution in [0.3, 0.4) is 0 Å². The Labute approximate surface area is 732 Å². The van der Waals surface area contributed by atoms with Crippen LogP contribution < -0.4 is 66.3 Å². The first-order valence-corrected chi connectivity index (χ1v) is 39.7. The molecule has 6 aliphatic heterocycles. The third-order valence-electron chi connectivity index (χ3n) is 21.8. The van der Waals surface area contributed by atoms with E-state index in [4.69, 9.17) is 66.3 Å². The van der Waals surface area contributed by atoms with E-state index in [9.17, 15) is 79.8 Å². The van der Waals surface area contributed by atoms with Crippen molar-refractivity contribution in [3.8, 4) is 138 Å². The fourth-order valence-electron chi connectivity index (χ4n) is 15.7. The lowest BCUT2D eigenvalue weighted by atomic mass is 9.85. The molecule has 30 nitrogen and oxygen atoms in total. The Morgan fingerprint density at radius 1 is 0.195 bits per heavy atom. The molecule has 0 radical (unpaired) electrons. The van der Waals surface area contributed by atoms with Gasteiger partial charge >= 0.3 is 35.8 Å². The summed E-state index contributed by atoms with van der Waals surface area (Å²) in [6, 6.07) is 60.1. The van der Waals surface area contributed by atoms with Crippen LogP contribution in [0.25, 0.3) is 0 Å². The number of ether oxygens (including phenoxy) is 14. The van der Waals surface area contributed by atoms with Crippen LogP contribution in [0.15, 0.2) is 218 Å². The molecule has 0 fully saturated rings. The minimum Gasteiger partial charge on any atom is -0.508 e. The van der Waals surface area contributed by atoms with E-state index in [-0.39, 0.29) is 167 Å². The van der Waals surface area contributed by atoms with Gasteiger partial charge in [-0.15, -0.1) is 0 Å². The third-order valence-corrected chi connectivity index (χ3v) is 21.8. The quantitative estimate of drug-likeness (QED) is 0.0357. The standard InChI is InChI=1S/2C17H16O5.4C16H14O5/c2*1-20-11-5-3-10(4-6-11)13-9-16(19)22-15-8-12(21-2)7-14(18)17(13)15;2*1-20-11-4-2-9(3-5-11)12-8-15(19)21-14-7-10(17)6-13(18)16(12)14;2*1-20-11-6-13(18)16-12(8-15(19)21-14(16)7-11)9-2-4-10(17)5-3-9/h2*3-8,13,18H,9H2,1-2H3;4*2-7,12,17-18H,8H2,1H3/t2*13-;4*12-/m101010/s1. The van der Waals surface area contributed by atoms with Crippen LogP contribution in [0.4, 0.5) is 0 Å². The van der Waals surface area contributed by atoms with Gasteiger partial charge < -0.3 is 117 Å². The Morgan fingerprint density at radius 3 is 0.523 bits per heavy atom. The molecular weight excluding hydrogens is 1660 g/mol. The van der Waals surface area contributed by atoms with Gasteiger partial charge in [0.25, 0.3) is 0 Å². The summed E-state index contributed by atoms with van der Waals surface area (Å²) in [6.45, 7) is 0. The number of methoxy groups -OCH3 is 8. The van der Waals surface area contributed by atoms with Gasteiger partial charge in [-0.05, 0) is 106 Å². The number of benzene rings is 12. The Kier molecular flexibility index (Phi) is 27.7. The minimum atomic E-state index is -0.395. The predicted octanol–water partition coefficient (Wildman–Crippen LogP) is 15.9. The number of carbonyl (C=O) groups excluding carboxylic acids is 6. The van der Waals surface area contributed by atoms with Crippen LogP contribution in [0, 0.1) is 0 Å². The van der Waals surface area contributed by atoms with Gasteiger partial charge in [0.1, 0.15) is 138 Å². The van der Waals surface area contributed by atoms with E-state index in [2.05, 4.69) is 0 Å². The molecule has 0 aliphatic carbocycles. The van der Waals surface area contributed by atoms with Crippen LogP contribution in [-0.4, -0.2) is 144 Å². The van der Waals surface area contributed by atoms with Crippen molar-refractivity contribution < 1.29 is 146 Å². The van der Waals surface area contributed by atoms with E-state index in [0.717, 1.165) is 44.9 Å². The molecule has 12 aromatic carbocycles. The van der Waals surface area contributed by atoms with Gasteiger partial charge in [0.15, 0.2) is 0 Å². The maximum atomic E-state index is 11.9. The summed E-state index contributed by atoms with van der Waals surface area (Å²) in [5, 5.41) is 98.9. The highest BCUT2D eigenvalue weighted by Crippen LogP contribution is 2.53. The smallest absolute Gasteiger partial charge is 0.312 e. The number of hydrogen-bond donors (Lipinski definition) is 10. The van der Waals surface area contributed by atoms with Gasteiger partial charge in [-0.1, -0.05) is 72.8 Å². The van der Waals surface area contributed by atoms with E-state index in [1.54, 1.807) is 126 Å². The summed E-state index contributed by atoms with van der Waals surface area (Å²) >= 11 is 0. The molecule has 0 aromatic heterocycles. The summed E-state index contributed by atoms with van der Waals surface area (Å²) < 4.78 is 72.0. The molecule has 0 saturated heterocycles. The monoisotopic (exact) mass is 1740 g/mol. The molecule has 18 rings (SSSR count). The highest BCUT2D eigenvalue weighted by molar-refractivity contribution is 5.84. The second-order valence-electron chi connectivity index (χ2n) is 29.6. The van der Waals surface area contributed by atoms with Crippen molar-refractivity contribution >= 4 is 35.8 Å². The summed E-state index contributed by atoms with van der Waals surface area (Å²) in [4.78, 5) is 70.8. The zero-order chi connectivity index (χ0) is 91.3. The van der Waals surface area contributed by atoms with Gasteiger partial charge in [-0.2, -0.15) is 0 Å². The fraction of sp³-hybridized carbons (Fsp3) is 0.204.